The predicted octanol–water partition coefficient (Wildman–Crippen LogP) is 1.42. The van der Waals surface area contributed by atoms with Crippen molar-refractivity contribution < 1.29 is 14.1 Å². The first-order chi connectivity index (χ1) is 12.1. The van der Waals surface area contributed by atoms with Crippen molar-refractivity contribution in [1.29, 1.82) is 0 Å². The molecule has 1 N–H and O–H groups in total. The molecule has 134 valence electrons. The molecular weight excluding hydrogens is 322 g/mol. The SMILES string of the molecule is COc1nccnc1N1CCC(NC(=O)CCc2c(C)noc2C)C1. The zero-order chi connectivity index (χ0) is 17.8. The maximum absolute atomic E-state index is 12.2. The zero-order valence-corrected chi connectivity index (χ0v) is 14.8. The van der Waals surface area contributed by atoms with Crippen LogP contribution < -0.4 is 15.0 Å². The number of nitrogens with one attached hydrogen (secondary N) is 1. The molecule has 0 aliphatic carbocycles. The van der Waals surface area contributed by atoms with E-state index in [0.29, 0.717) is 25.3 Å². The van der Waals surface area contributed by atoms with Crippen LogP contribution in [0.25, 0.3) is 0 Å². The number of aryl methyl sites for hydroxylation is 2. The number of carbonyl (C=O) groups excluding carboxylic acids is 1. The Hall–Kier alpha value is -2.64. The summed E-state index contributed by atoms with van der Waals surface area (Å²) < 4.78 is 10.4. The minimum atomic E-state index is 0.0398. The van der Waals surface area contributed by atoms with Gasteiger partial charge in [0, 0.05) is 43.5 Å². The molecule has 25 heavy (non-hydrogen) atoms. The van der Waals surface area contributed by atoms with Gasteiger partial charge in [-0.25, -0.2) is 9.97 Å². The largest absolute Gasteiger partial charge is 0.478 e. The number of carbonyl (C=O) groups is 1. The van der Waals surface area contributed by atoms with E-state index in [1.54, 1.807) is 19.5 Å². The Bertz CT molecular complexity index is 726. The predicted molar refractivity (Wildman–Crippen MR) is 91.6 cm³/mol. The molecule has 1 aliphatic heterocycles. The average molecular weight is 345 g/mol. The lowest BCUT2D eigenvalue weighted by molar-refractivity contribution is -0.121. The molecular formula is C17H23N5O3. The highest BCUT2D eigenvalue weighted by atomic mass is 16.5. The molecule has 3 heterocycles. The molecule has 8 nitrogen and oxygen atoms in total. The molecule has 1 amide bonds. The van der Waals surface area contributed by atoms with E-state index in [1.165, 1.54) is 0 Å². The van der Waals surface area contributed by atoms with Gasteiger partial charge in [0.15, 0.2) is 5.82 Å². The number of amides is 1. The molecule has 1 fully saturated rings. The van der Waals surface area contributed by atoms with Crippen LogP contribution in [0.4, 0.5) is 5.82 Å². The quantitative estimate of drug-likeness (QED) is 0.846. The summed E-state index contributed by atoms with van der Waals surface area (Å²) in [5, 5.41) is 7.02. The number of anilines is 1. The topological polar surface area (TPSA) is 93.4 Å². The van der Waals surface area contributed by atoms with E-state index >= 15 is 0 Å². The van der Waals surface area contributed by atoms with Crippen LogP contribution in [-0.4, -0.2) is 47.3 Å². The van der Waals surface area contributed by atoms with Gasteiger partial charge in [-0.2, -0.15) is 0 Å². The second kappa shape index (κ2) is 7.50. The minimum Gasteiger partial charge on any atom is -0.478 e. The molecule has 8 heteroatoms. The molecule has 0 saturated carbocycles. The third kappa shape index (κ3) is 3.89. The third-order valence-corrected chi connectivity index (χ3v) is 4.48. The molecule has 0 spiro atoms. The molecule has 2 aromatic heterocycles. The van der Waals surface area contributed by atoms with Gasteiger partial charge in [0.05, 0.1) is 12.8 Å². The maximum Gasteiger partial charge on any atom is 0.257 e. The Morgan fingerprint density at radius 2 is 2.20 bits per heavy atom. The highest BCUT2D eigenvalue weighted by Crippen LogP contribution is 2.25. The van der Waals surface area contributed by atoms with Crippen LogP contribution in [0, 0.1) is 13.8 Å². The normalized spacial score (nSPS) is 16.9. The highest BCUT2D eigenvalue weighted by molar-refractivity contribution is 5.76. The van der Waals surface area contributed by atoms with Gasteiger partial charge in [0.1, 0.15) is 5.76 Å². The zero-order valence-electron chi connectivity index (χ0n) is 14.8. The number of ether oxygens (including phenoxy) is 1. The summed E-state index contributed by atoms with van der Waals surface area (Å²) in [7, 11) is 1.58. The van der Waals surface area contributed by atoms with E-state index < -0.39 is 0 Å². The van der Waals surface area contributed by atoms with E-state index in [1.807, 2.05) is 13.8 Å². The number of hydrogen-bond acceptors (Lipinski definition) is 7. The van der Waals surface area contributed by atoms with Gasteiger partial charge in [-0.15, -0.1) is 0 Å². The van der Waals surface area contributed by atoms with Crippen molar-refractivity contribution in [3.05, 3.63) is 29.4 Å². The summed E-state index contributed by atoms with van der Waals surface area (Å²) in [6, 6.07) is 0.101. The van der Waals surface area contributed by atoms with E-state index in [-0.39, 0.29) is 11.9 Å². The Labute approximate surface area is 146 Å². The van der Waals surface area contributed by atoms with Gasteiger partial charge >= 0.3 is 0 Å². The number of nitrogens with zero attached hydrogens (tertiary/aromatic N) is 4. The van der Waals surface area contributed by atoms with E-state index in [2.05, 4.69) is 25.3 Å². The van der Waals surface area contributed by atoms with Crippen molar-refractivity contribution >= 4 is 11.7 Å². The maximum atomic E-state index is 12.2. The van der Waals surface area contributed by atoms with Gasteiger partial charge < -0.3 is 19.5 Å². The Balaban J connectivity index is 1.52. The van der Waals surface area contributed by atoms with Crippen LogP contribution in [0.1, 0.15) is 29.9 Å². The molecule has 0 radical (unpaired) electrons. The average Bonchev–Trinajstić information content (AvgIpc) is 3.20. The first kappa shape index (κ1) is 17.2. The van der Waals surface area contributed by atoms with Gasteiger partial charge in [0.25, 0.3) is 5.88 Å². The summed E-state index contributed by atoms with van der Waals surface area (Å²) in [5.74, 6) is 2.05. The van der Waals surface area contributed by atoms with E-state index in [4.69, 9.17) is 9.26 Å². The molecule has 0 aromatic carbocycles. The van der Waals surface area contributed by atoms with Crippen molar-refractivity contribution in [1.82, 2.24) is 20.4 Å². The van der Waals surface area contributed by atoms with Crippen molar-refractivity contribution in [3.8, 4) is 5.88 Å². The molecule has 1 unspecified atom stereocenters. The van der Waals surface area contributed by atoms with Crippen molar-refractivity contribution in [2.45, 2.75) is 39.2 Å². The van der Waals surface area contributed by atoms with Gasteiger partial charge in [-0.05, 0) is 26.7 Å². The molecule has 1 saturated heterocycles. The van der Waals surface area contributed by atoms with Crippen molar-refractivity contribution in [3.63, 3.8) is 0 Å². The van der Waals surface area contributed by atoms with Crippen LogP contribution >= 0.6 is 0 Å². The minimum absolute atomic E-state index is 0.0398. The van der Waals surface area contributed by atoms with Crippen LogP contribution in [0.2, 0.25) is 0 Å². The Morgan fingerprint density at radius 3 is 2.92 bits per heavy atom. The molecule has 1 atom stereocenters. The van der Waals surface area contributed by atoms with Crippen LogP contribution in [-0.2, 0) is 11.2 Å². The van der Waals surface area contributed by atoms with Crippen molar-refractivity contribution in [2.24, 2.45) is 0 Å². The highest BCUT2D eigenvalue weighted by Gasteiger charge is 2.27. The fourth-order valence-corrected chi connectivity index (χ4v) is 3.15. The second-order valence-electron chi connectivity index (χ2n) is 6.19. The summed E-state index contributed by atoms with van der Waals surface area (Å²) >= 11 is 0. The number of rotatable bonds is 6. The summed E-state index contributed by atoms with van der Waals surface area (Å²) in [6.45, 7) is 5.28. The Kier molecular flexibility index (Phi) is 5.16. The summed E-state index contributed by atoms with van der Waals surface area (Å²) in [4.78, 5) is 22.9. The fourth-order valence-electron chi connectivity index (χ4n) is 3.15. The van der Waals surface area contributed by atoms with Crippen LogP contribution in [0.3, 0.4) is 0 Å². The molecule has 1 aliphatic rings. The third-order valence-electron chi connectivity index (χ3n) is 4.48. The van der Waals surface area contributed by atoms with Gasteiger partial charge in [0.2, 0.25) is 5.91 Å². The van der Waals surface area contributed by atoms with Gasteiger partial charge in [-0.1, -0.05) is 5.16 Å². The van der Waals surface area contributed by atoms with Crippen LogP contribution in [0.5, 0.6) is 5.88 Å². The first-order valence-corrected chi connectivity index (χ1v) is 8.39. The lowest BCUT2D eigenvalue weighted by Gasteiger charge is -2.19. The van der Waals surface area contributed by atoms with E-state index in [0.717, 1.165) is 35.8 Å². The summed E-state index contributed by atoms with van der Waals surface area (Å²) in [6.07, 6.45) is 5.19. The van der Waals surface area contributed by atoms with E-state index in [9.17, 15) is 4.79 Å². The van der Waals surface area contributed by atoms with Gasteiger partial charge in [-0.3, -0.25) is 4.79 Å². The van der Waals surface area contributed by atoms with Crippen LogP contribution in [0.15, 0.2) is 16.9 Å². The second-order valence-corrected chi connectivity index (χ2v) is 6.19. The first-order valence-electron chi connectivity index (χ1n) is 8.39. The smallest absolute Gasteiger partial charge is 0.257 e. The number of methoxy groups -OCH3 is 1. The lowest BCUT2D eigenvalue weighted by Crippen LogP contribution is -2.37. The lowest BCUT2D eigenvalue weighted by atomic mass is 10.1. The molecule has 0 bridgehead atoms. The monoisotopic (exact) mass is 345 g/mol. The number of aromatic nitrogens is 3. The van der Waals surface area contributed by atoms with Crippen molar-refractivity contribution in [2.75, 3.05) is 25.1 Å². The number of hydrogen-bond donors (Lipinski definition) is 1. The fraction of sp³-hybridized carbons (Fsp3) is 0.529. The standard InChI is InChI=1S/C17H23N5O3/c1-11-14(12(2)25-21-11)4-5-15(23)20-13-6-9-22(10-13)16-17(24-3)19-8-7-18-16/h7-8,13H,4-6,9-10H2,1-3H3,(H,20,23). The molecule has 2 aromatic rings. The summed E-state index contributed by atoms with van der Waals surface area (Å²) in [5.41, 5.74) is 1.87. The Morgan fingerprint density at radius 1 is 1.40 bits per heavy atom. The molecule has 3 rings (SSSR count).